The molecule has 2 aliphatic heterocycles. The Hall–Kier alpha value is -2.60. The number of nitrogens with zero attached hydrogens (tertiary/aromatic N) is 2. The van der Waals surface area contributed by atoms with Crippen LogP contribution in [0.5, 0.6) is 0 Å². The molecule has 2 aromatic rings. The summed E-state index contributed by atoms with van der Waals surface area (Å²) in [6.07, 6.45) is 0.650. The maximum atomic E-state index is 12.1. The van der Waals surface area contributed by atoms with Gasteiger partial charge in [-0.15, -0.1) is 0 Å². The molecule has 2 N–H and O–H groups in total. The first-order valence-electron chi connectivity index (χ1n) is 9.49. The fourth-order valence-electron chi connectivity index (χ4n) is 4.55. The lowest BCUT2D eigenvalue weighted by atomic mass is 10.0. The van der Waals surface area contributed by atoms with E-state index in [1.165, 1.54) is 24.8 Å². The van der Waals surface area contributed by atoms with Gasteiger partial charge in [-0.05, 0) is 54.6 Å². The number of nitrogens with one attached hydrogen (secondary N) is 1. The first-order chi connectivity index (χ1) is 13.0. The predicted molar refractivity (Wildman–Crippen MR) is 106 cm³/mol. The summed E-state index contributed by atoms with van der Waals surface area (Å²) in [6.45, 7) is 6.50. The summed E-state index contributed by atoms with van der Waals surface area (Å²) in [5, 5.41) is 9.16. The number of aromatic nitrogens is 1. The van der Waals surface area contributed by atoms with Gasteiger partial charge in [0.15, 0.2) is 0 Å². The van der Waals surface area contributed by atoms with E-state index in [0.717, 1.165) is 36.1 Å². The van der Waals surface area contributed by atoms with E-state index in [0.29, 0.717) is 12.1 Å². The summed E-state index contributed by atoms with van der Waals surface area (Å²) in [6, 6.07) is 9.72. The molecule has 0 saturated carbocycles. The number of rotatable bonds is 4. The molecule has 0 unspecified atom stereocenters. The number of H-pyrrole nitrogens is 1. The summed E-state index contributed by atoms with van der Waals surface area (Å²) in [5.41, 5.74) is 2.88. The van der Waals surface area contributed by atoms with Crippen molar-refractivity contribution < 1.29 is 9.90 Å². The van der Waals surface area contributed by atoms with Crippen molar-refractivity contribution in [2.75, 3.05) is 38.1 Å². The molecule has 3 heterocycles. The van der Waals surface area contributed by atoms with Crippen LogP contribution in [0.1, 0.15) is 22.8 Å². The monoisotopic (exact) mass is 367 g/mol. The maximum Gasteiger partial charge on any atom is 0.341 e. The minimum Gasteiger partial charge on any atom is -0.477 e. The van der Waals surface area contributed by atoms with Gasteiger partial charge in [0.25, 0.3) is 5.56 Å². The van der Waals surface area contributed by atoms with Gasteiger partial charge in [-0.25, -0.2) is 4.79 Å². The van der Waals surface area contributed by atoms with Crippen LogP contribution in [0.2, 0.25) is 0 Å². The Balaban J connectivity index is 1.59. The molecule has 0 bridgehead atoms. The third-order valence-corrected chi connectivity index (χ3v) is 5.92. The van der Waals surface area contributed by atoms with Crippen molar-refractivity contribution in [1.29, 1.82) is 0 Å². The topological polar surface area (TPSA) is 76.6 Å². The molecule has 2 fully saturated rings. The van der Waals surface area contributed by atoms with Crippen molar-refractivity contribution in [3.8, 4) is 11.3 Å². The van der Waals surface area contributed by atoms with E-state index in [2.05, 4.69) is 34.0 Å². The molecule has 2 saturated heterocycles. The number of hydrogen-bond acceptors (Lipinski definition) is 4. The van der Waals surface area contributed by atoms with Gasteiger partial charge < -0.3 is 19.9 Å². The Morgan fingerprint density at radius 2 is 1.78 bits per heavy atom. The molecule has 4 rings (SSSR count). The van der Waals surface area contributed by atoms with Gasteiger partial charge in [0.1, 0.15) is 5.56 Å². The Morgan fingerprint density at radius 3 is 2.33 bits per heavy atom. The van der Waals surface area contributed by atoms with Gasteiger partial charge in [0.2, 0.25) is 0 Å². The van der Waals surface area contributed by atoms with Crippen molar-refractivity contribution in [2.45, 2.75) is 13.3 Å². The molecule has 1 aromatic carbocycles. The van der Waals surface area contributed by atoms with Gasteiger partial charge in [-0.2, -0.15) is 0 Å². The van der Waals surface area contributed by atoms with Crippen LogP contribution in [0.4, 0.5) is 5.69 Å². The summed E-state index contributed by atoms with van der Waals surface area (Å²) < 4.78 is 0. The van der Waals surface area contributed by atoms with E-state index in [-0.39, 0.29) is 5.56 Å². The molecule has 0 radical (unpaired) electrons. The van der Waals surface area contributed by atoms with Crippen LogP contribution in [0, 0.1) is 11.8 Å². The zero-order valence-electron chi connectivity index (χ0n) is 15.7. The Morgan fingerprint density at radius 1 is 1.15 bits per heavy atom. The fourth-order valence-corrected chi connectivity index (χ4v) is 4.55. The largest absolute Gasteiger partial charge is 0.477 e. The molecule has 6 nitrogen and oxygen atoms in total. The van der Waals surface area contributed by atoms with Crippen molar-refractivity contribution >= 4 is 11.7 Å². The van der Waals surface area contributed by atoms with E-state index >= 15 is 0 Å². The number of anilines is 1. The number of likely N-dealkylation sites (tertiary alicyclic amines) is 1. The number of benzene rings is 1. The quantitative estimate of drug-likeness (QED) is 0.867. The van der Waals surface area contributed by atoms with Crippen LogP contribution < -0.4 is 10.5 Å². The SMILES string of the molecule is CCc1cc(C(=O)O)c(=O)[nH]c1-c1ccc(N2C[C@H]3CN(C)C[C@H]3C2)cc1. The molecule has 0 aliphatic carbocycles. The number of fused-ring (bicyclic) bond motifs is 1. The summed E-state index contributed by atoms with van der Waals surface area (Å²) in [5.74, 6) is 0.306. The highest BCUT2D eigenvalue weighted by atomic mass is 16.4. The molecule has 6 heteroatoms. The number of aryl methyl sites for hydroxylation is 1. The predicted octanol–water partition coefficient (Wildman–Crippen LogP) is 2.30. The van der Waals surface area contributed by atoms with Crippen molar-refractivity contribution in [1.82, 2.24) is 9.88 Å². The first-order valence-corrected chi connectivity index (χ1v) is 9.49. The van der Waals surface area contributed by atoms with Crippen LogP contribution in [0.3, 0.4) is 0 Å². The third-order valence-electron chi connectivity index (χ3n) is 5.92. The van der Waals surface area contributed by atoms with E-state index in [1.54, 1.807) is 0 Å². The molecular weight excluding hydrogens is 342 g/mol. The molecule has 2 aliphatic rings. The maximum absolute atomic E-state index is 12.1. The number of hydrogen-bond donors (Lipinski definition) is 2. The molecule has 1 aromatic heterocycles. The van der Waals surface area contributed by atoms with E-state index in [9.17, 15) is 9.59 Å². The Kier molecular flexibility index (Phi) is 4.52. The second kappa shape index (κ2) is 6.85. The van der Waals surface area contributed by atoms with Crippen LogP contribution in [-0.2, 0) is 6.42 Å². The minimum absolute atomic E-state index is 0.208. The van der Waals surface area contributed by atoms with Crippen molar-refractivity contribution in [2.24, 2.45) is 11.8 Å². The smallest absolute Gasteiger partial charge is 0.341 e. The number of aromatic amines is 1. The normalized spacial score (nSPS) is 22.2. The molecule has 2 atom stereocenters. The van der Waals surface area contributed by atoms with Crippen LogP contribution >= 0.6 is 0 Å². The molecule has 0 amide bonds. The summed E-state index contributed by atoms with van der Waals surface area (Å²) >= 11 is 0. The molecule has 27 heavy (non-hydrogen) atoms. The molecule has 142 valence electrons. The van der Waals surface area contributed by atoms with E-state index < -0.39 is 11.5 Å². The zero-order valence-corrected chi connectivity index (χ0v) is 15.7. The van der Waals surface area contributed by atoms with Crippen molar-refractivity contribution in [3.63, 3.8) is 0 Å². The van der Waals surface area contributed by atoms with E-state index in [1.807, 2.05) is 19.1 Å². The van der Waals surface area contributed by atoms with Gasteiger partial charge in [0.05, 0.1) is 5.69 Å². The lowest BCUT2D eigenvalue weighted by Gasteiger charge is -2.21. The van der Waals surface area contributed by atoms with Crippen LogP contribution in [-0.4, -0.2) is 54.2 Å². The highest BCUT2D eigenvalue weighted by molar-refractivity contribution is 5.88. The van der Waals surface area contributed by atoms with Crippen LogP contribution in [0.15, 0.2) is 35.1 Å². The average Bonchev–Trinajstić information content (AvgIpc) is 3.18. The van der Waals surface area contributed by atoms with Crippen LogP contribution in [0.25, 0.3) is 11.3 Å². The lowest BCUT2D eigenvalue weighted by Crippen LogP contribution is -2.26. The summed E-state index contributed by atoms with van der Waals surface area (Å²) in [7, 11) is 2.19. The Bertz CT molecular complexity index is 905. The second-order valence-electron chi connectivity index (χ2n) is 7.76. The number of pyridine rings is 1. The third kappa shape index (κ3) is 3.25. The molecular formula is C21H25N3O3. The van der Waals surface area contributed by atoms with Gasteiger partial charge in [-0.3, -0.25) is 4.79 Å². The first kappa shape index (κ1) is 17.8. The van der Waals surface area contributed by atoms with Gasteiger partial charge in [-0.1, -0.05) is 19.1 Å². The summed E-state index contributed by atoms with van der Waals surface area (Å²) in [4.78, 5) is 30.9. The standard InChI is InChI=1S/C21H25N3O3/c1-3-13-8-18(21(26)27)20(25)22-19(13)14-4-6-17(7-5-14)24-11-15-9-23(2)10-16(15)12-24/h4-8,15-16H,3,9-12H2,1-2H3,(H,22,25)(H,26,27)/t15-,16+. The number of carboxylic acids is 1. The Labute approximate surface area is 158 Å². The zero-order chi connectivity index (χ0) is 19.1. The van der Waals surface area contributed by atoms with Gasteiger partial charge in [0, 0.05) is 31.9 Å². The number of aromatic carboxylic acids is 1. The number of carbonyl (C=O) groups is 1. The van der Waals surface area contributed by atoms with E-state index in [4.69, 9.17) is 5.11 Å². The second-order valence-corrected chi connectivity index (χ2v) is 7.76. The van der Waals surface area contributed by atoms with Crippen molar-refractivity contribution in [3.05, 3.63) is 51.8 Å². The van der Waals surface area contributed by atoms with Gasteiger partial charge >= 0.3 is 5.97 Å². The number of carboxylic acid groups (broad SMARTS) is 1. The lowest BCUT2D eigenvalue weighted by molar-refractivity contribution is 0.0695. The average molecular weight is 367 g/mol. The molecule has 0 spiro atoms. The minimum atomic E-state index is -1.20. The highest BCUT2D eigenvalue weighted by Gasteiger charge is 2.38. The highest BCUT2D eigenvalue weighted by Crippen LogP contribution is 2.34. The fraction of sp³-hybridized carbons (Fsp3) is 0.429.